The van der Waals surface area contributed by atoms with Crippen LogP contribution in [0.15, 0.2) is 0 Å². The molecule has 3 nitrogen and oxygen atoms in total. The molecular formula is C10H18O3. The van der Waals surface area contributed by atoms with Crippen LogP contribution in [0.3, 0.4) is 0 Å². The number of esters is 1. The van der Waals surface area contributed by atoms with Gasteiger partial charge in [-0.25, -0.2) is 0 Å². The Bertz CT molecular complexity index is 173. The van der Waals surface area contributed by atoms with Crippen LogP contribution in [-0.2, 0) is 14.3 Å². The van der Waals surface area contributed by atoms with Crippen molar-refractivity contribution in [2.24, 2.45) is 5.41 Å². The van der Waals surface area contributed by atoms with Gasteiger partial charge >= 0.3 is 5.97 Å². The van der Waals surface area contributed by atoms with Gasteiger partial charge in [0.1, 0.15) is 6.29 Å². The highest BCUT2D eigenvalue weighted by Crippen LogP contribution is 2.24. The van der Waals surface area contributed by atoms with Gasteiger partial charge in [0.25, 0.3) is 0 Å². The van der Waals surface area contributed by atoms with Crippen LogP contribution in [-0.4, -0.2) is 18.9 Å². The Morgan fingerprint density at radius 3 is 2.54 bits per heavy atom. The molecule has 0 saturated carbocycles. The smallest absolute Gasteiger partial charge is 0.311 e. The molecule has 0 heterocycles. The zero-order chi connectivity index (χ0) is 10.3. The molecule has 13 heavy (non-hydrogen) atoms. The standard InChI is InChI=1S/C10H18O3/c1-4-13-9(12)10(2,3)7-5-6-8-11/h8H,4-7H2,1-3H3. The molecule has 0 bridgehead atoms. The first kappa shape index (κ1) is 12.1. The molecule has 0 aromatic heterocycles. The maximum atomic E-state index is 11.3. The lowest BCUT2D eigenvalue weighted by atomic mass is 9.87. The van der Waals surface area contributed by atoms with Crippen molar-refractivity contribution in [1.82, 2.24) is 0 Å². The first-order valence-corrected chi connectivity index (χ1v) is 4.65. The van der Waals surface area contributed by atoms with Gasteiger partial charge in [-0.15, -0.1) is 0 Å². The van der Waals surface area contributed by atoms with Crippen molar-refractivity contribution in [3.8, 4) is 0 Å². The Balaban J connectivity index is 3.90. The van der Waals surface area contributed by atoms with Gasteiger partial charge in [-0.05, 0) is 33.6 Å². The van der Waals surface area contributed by atoms with Gasteiger partial charge in [-0.3, -0.25) is 4.79 Å². The highest BCUT2D eigenvalue weighted by Gasteiger charge is 2.28. The van der Waals surface area contributed by atoms with Crippen molar-refractivity contribution in [2.75, 3.05) is 6.61 Å². The predicted molar refractivity (Wildman–Crippen MR) is 50.3 cm³/mol. The number of aldehydes is 1. The molecule has 0 rings (SSSR count). The van der Waals surface area contributed by atoms with Crippen LogP contribution >= 0.6 is 0 Å². The highest BCUT2D eigenvalue weighted by molar-refractivity contribution is 5.75. The van der Waals surface area contributed by atoms with Gasteiger partial charge in [-0.1, -0.05) is 0 Å². The zero-order valence-corrected chi connectivity index (χ0v) is 8.63. The van der Waals surface area contributed by atoms with Crippen LogP contribution < -0.4 is 0 Å². The summed E-state index contributed by atoms with van der Waals surface area (Å²) in [5.41, 5.74) is -0.459. The van der Waals surface area contributed by atoms with E-state index in [1.807, 2.05) is 13.8 Å². The third-order valence-corrected chi connectivity index (χ3v) is 1.95. The van der Waals surface area contributed by atoms with E-state index in [1.165, 1.54) is 0 Å². The molecule has 0 atom stereocenters. The number of hydrogen-bond donors (Lipinski definition) is 0. The first-order valence-electron chi connectivity index (χ1n) is 4.65. The van der Waals surface area contributed by atoms with Gasteiger partial charge in [-0.2, -0.15) is 0 Å². The van der Waals surface area contributed by atoms with Gasteiger partial charge < -0.3 is 9.53 Å². The summed E-state index contributed by atoms with van der Waals surface area (Å²) in [5.74, 6) is -0.180. The maximum absolute atomic E-state index is 11.3. The fourth-order valence-electron chi connectivity index (χ4n) is 1.06. The lowest BCUT2D eigenvalue weighted by Gasteiger charge is -2.21. The normalized spacial score (nSPS) is 11.0. The van der Waals surface area contributed by atoms with E-state index < -0.39 is 5.41 Å². The SMILES string of the molecule is CCOC(=O)C(C)(C)CCCC=O. The molecule has 0 aliphatic heterocycles. The van der Waals surface area contributed by atoms with Crippen LogP contribution in [0, 0.1) is 5.41 Å². The minimum absolute atomic E-state index is 0.180. The Hall–Kier alpha value is -0.860. The molecule has 0 fully saturated rings. The molecular weight excluding hydrogens is 168 g/mol. The van der Waals surface area contributed by atoms with E-state index in [1.54, 1.807) is 6.92 Å². The summed E-state index contributed by atoms with van der Waals surface area (Å²) in [4.78, 5) is 21.4. The summed E-state index contributed by atoms with van der Waals surface area (Å²) in [5, 5.41) is 0. The van der Waals surface area contributed by atoms with E-state index in [4.69, 9.17) is 4.74 Å². The number of hydrogen-bond acceptors (Lipinski definition) is 3. The van der Waals surface area contributed by atoms with E-state index in [9.17, 15) is 9.59 Å². The molecule has 3 heteroatoms. The van der Waals surface area contributed by atoms with Crippen LogP contribution in [0.4, 0.5) is 0 Å². The molecule has 0 unspecified atom stereocenters. The summed E-state index contributed by atoms with van der Waals surface area (Å²) in [6.45, 7) is 5.89. The van der Waals surface area contributed by atoms with Gasteiger partial charge in [0, 0.05) is 6.42 Å². The predicted octanol–water partition coefficient (Wildman–Crippen LogP) is 1.94. The summed E-state index contributed by atoms with van der Waals surface area (Å²) in [6, 6.07) is 0. The van der Waals surface area contributed by atoms with E-state index in [0.717, 1.165) is 12.7 Å². The summed E-state index contributed by atoms with van der Waals surface area (Å²) >= 11 is 0. The van der Waals surface area contributed by atoms with Crippen LogP contribution in [0.1, 0.15) is 40.0 Å². The molecule has 0 aromatic rings. The van der Waals surface area contributed by atoms with Gasteiger partial charge in [0.05, 0.1) is 12.0 Å². The Kier molecular flexibility index (Phi) is 5.35. The van der Waals surface area contributed by atoms with E-state index >= 15 is 0 Å². The molecule has 0 aromatic carbocycles. The van der Waals surface area contributed by atoms with Crippen molar-refractivity contribution in [3.05, 3.63) is 0 Å². The van der Waals surface area contributed by atoms with Gasteiger partial charge in [0.15, 0.2) is 0 Å². The van der Waals surface area contributed by atoms with Crippen molar-refractivity contribution in [2.45, 2.75) is 40.0 Å². The second-order valence-corrected chi connectivity index (χ2v) is 3.66. The van der Waals surface area contributed by atoms with E-state index in [2.05, 4.69) is 0 Å². The second kappa shape index (κ2) is 5.73. The van der Waals surface area contributed by atoms with Crippen molar-refractivity contribution < 1.29 is 14.3 Å². The highest BCUT2D eigenvalue weighted by atomic mass is 16.5. The lowest BCUT2D eigenvalue weighted by Crippen LogP contribution is -2.26. The van der Waals surface area contributed by atoms with Crippen LogP contribution in [0.5, 0.6) is 0 Å². The third-order valence-electron chi connectivity index (χ3n) is 1.95. The van der Waals surface area contributed by atoms with Crippen molar-refractivity contribution in [1.29, 1.82) is 0 Å². The minimum atomic E-state index is -0.459. The Morgan fingerprint density at radius 2 is 2.08 bits per heavy atom. The largest absolute Gasteiger partial charge is 0.466 e. The minimum Gasteiger partial charge on any atom is -0.466 e. The fourth-order valence-corrected chi connectivity index (χ4v) is 1.06. The Morgan fingerprint density at radius 1 is 1.46 bits per heavy atom. The molecule has 0 amide bonds. The second-order valence-electron chi connectivity index (χ2n) is 3.66. The molecule has 0 spiro atoms. The quantitative estimate of drug-likeness (QED) is 0.362. The topological polar surface area (TPSA) is 43.4 Å². The molecule has 0 N–H and O–H groups in total. The summed E-state index contributed by atoms with van der Waals surface area (Å²) in [7, 11) is 0. The average Bonchev–Trinajstić information content (AvgIpc) is 2.05. The van der Waals surface area contributed by atoms with Gasteiger partial charge in [0.2, 0.25) is 0 Å². The lowest BCUT2D eigenvalue weighted by molar-refractivity contribution is -0.153. The zero-order valence-electron chi connectivity index (χ0n) is 8.63. The fraction of sp³-hybridized carbons (Fsp3) is 0.800. The number of carbonyl (C=O) groups is 2. The summed E-state index contributed by atoms with van der Waals surface area (Å²) < 4.78 is 4.91. The Labute approximate surface area is 79.5 Å². The van der Waals surface area contributed by atoms with E-state index in [0.29, 0.717) is 19.4 Å². The van der Waals surface area contributed by atoms with Crippen LogP contribution in [0.2, 0.25) is 0 Å². The van der Waals surface area contributed by atoms with E-state index in [-0.39, 0.29) is 5.97 Å². The summed E-state index contributed by atoms with van der Waals surface area (Å²) in [6.07, 6.45) is 2.84. The molecule has 0 aliphatic carbocycles. The molecule has 76 valence electrons. The van der Waals surface area contributed by atoms with Crippen molar-refractivity contribution in [3.63, 3.8) is 0 Å². The number of ether oxygens (including phenoxy) is 1. The van der Waals surface area contributed by atoms with Crippen molar-refractivity contribution >= 4 is 12.3 Å². The van der Waals surface area contributed by atoms with Crippen LogP contribution in [0.25, 0.3) is 0 Å². The average molecular weight is 186 g/mol. The molecule has 0 aliphatic rings. The third kappa shape index (κ3) is 4.65. The number of rotatable bonds is 6. The monoisotopic (exact) mass is 186 g/mol. The molecule has 0 saturated heterocycles. The molecule has 0 radical (unpaired) electrons. The number of unbranched alkanes of at least 4 members (excludes halogenated alkanes) is 1. The first-order chi connectivity index (χ1) is 6.04. The number of carbonyl (C=O) groups excluding carboxylic acids is 2. The maximum Gasteiger partial charge on any atom is 0.311 e.